The van der Waals surface area contributed by atoms with Crippen LogP contribution in [0, 0.1) is 0 Å². The molecule has 2 aromatic carbocycles. The normalized spacial score (nSPS) is 10.9. The number of carbonyl (C=O) groups excluding carboxylic acids is 1. The maximum absolute atomic E-state index is 12.6. The smallest absolute Gasteiger partial charge is 0.255 e. The molecule has 0 fully saturated rings. The third-order valence-electron chi connectivity index (χ3n) is 4.17. The number of pyridine rings is 1. The van der Waals surface area contributed by atoms with Gasteiger partial charge < -0.3 is 19.2 Å². The lowest BCUT2D eigenvalue weighted by Crippen LogP contribution is -2.09. The summed E-state index contributed by atoms with van der Waals surface area (Å²) in [4.78, 5) is 27.6. The number of H-pyrrole nitrogens is 1. The number of carbonyl (C=O) groups is 1. The molecule has 0 aliphatic heterocycles. The van der Waals surface area contributed by atoms with Gasteiger partial charge in [-0.3, -0.25) is 9.59 Å². The van der Waals surface area contributed by atoms with Gasteiger partial charge in [0.05, 0.1) is 26.9 Å². The summed E-state index contributed by atoms with van der Waals surface area (Å²) < 4.78 is 15.6. The minimum absolute atomic E-state index is 0.283. The first-order valence-corrected chi connectivity index (χ1v) is 8.21. The van der Waals surface area contributed by atoms with Gasteiger partial charge in [0.15, 0.2) is 5.78 Å². The fourth-order valence-electron chi connectivity index (χ4n) is 2.71. The lowest BCUT2D eigenvalue weighted by Gasteiger charge is -2.08. The number of aromatic nitrogens is 1. The summed E-state index contributed by atoms with van der Waals surface area (Å²) in [6.45, 7) is 0. The highest BCUT2D eigenvalue weighted by atomic mass is 16.5. The molecule has 1 N–H and O–H groups in total. The Kier molecular flexibility index (Phi) is 5.26. The molecule has 1 aromatic heterocycles. The van der Waals surface area contributed by atoms with Crippen molar-refractivity contribution in [1.29, 1.82) is 0 Å². The van der Waals surface area contributed by atoms with E-state index in [1.807, 2.05) is 6.07 Å². The van der Waals surface area contributed by atoms with Crippen LogP contribution in [-0.2, 0) is 0 Å². The van der Waals surface area contributed by atoms with Crippen LogP contribution >= 0.6 is 0 Å². The minimum atomic E-state index is -0.295. The molecular weight excluding hydrogens is 346 g/mol. The highest BCUT2D eigenvalue weighted by Crippen LogP contribution is 2.25. The van der Waals surface area contributed by atoms with E-state index in [0.717, 1.165) is 5.39 Å². The van der Waals surface area contributed by atoms with Crippen LogP contribution in [0.1, 0.15) is 15.9 Å². The summed E-state index contributed by atoms with van der Waals surface area (Å²) >= 11 is 0. The number of hydrogen-bond donors (Lipinski definition) is 1. The Morgan fingerprint density at radius 3 is 2.33 bits per heavy atom. The second-order valence-electron chi connectivity index (χ2n) is 5.77. The molecule has 0 saturated heterocycles. The first kappa shape index (κ1) is 18.3. The summed E-state index contributed by atoms with van der Waals surface area (Å²) in [6, 6.07) is 12.0. The van der Waals surface area contributed by atoms with E-state index in [0.29, 0.717) is 33.9 Å². The number of allylic oxidation sites excluding steroid dienone is 1. The van der Waals surface area contributed by atoms with Crippen LogP contribution < -0.4 is 19.8 Å². The number of rotatable bonds is 6. The molecule has 0 bridgehead atoms. The molecule has 0 aliphatic carbocycles. The quantitative estimate of drug-likeness (QED) is 0.535. The van der Waals surface area contributed by atoms with Crippen molar-refractivity contribution in [3.8, 4) is 17.2 Å². The van der Waals surface area contributed by atoms with Crippen molar-refractivity contribution in [3.05, 3.63) is 70.0 Å². The van der Waals surface area contributed by atoms with Crippen LogP contribution in [0.2, 0.25) is 0 Å². The van der Waals surface area contributed by atoms with E-state index in [4.69, 9.17) is 14.2 Å². The van der Waals surface area contributed by atoms with E-state index in [1.54, 1.807) is 43.5 Å². The van der Waals surface area contributed by atoms with Crippen molar-refractivity contribution >= 4 is 22.8 Å². The van der Waals surface area contributed by atoms with Crippen molar-refractivity contribution in [3.63, 3.8) is 0 Å². The fraction of sp³-hybridized carbons (Fsp3) is 0.143. The van der Waals surface area contributed by atoms with Gasteiger partial charge in [-0.25, -0.2) is 0 Å². The zero-order chi connectivity index (χ0) is 19.4. The Morgan fingerprint density at radius 1 is 0.926 bits per heavy atom. The Morgan fingerprint density at radius 2 is 1.63 bits per heavy atom. The van der Waals surface area contributed by atoms with E-state index >= 15 is 0 Å². The molecular formula is C21H19NO5. The number of benzene rings is 2. The van der Waals surface area contributed by atoms with Crippen LogP contribution in [-0.4, -0.2) is 32.1 Å². The highest BCUT2D eigenvalue weighted by Gasteiger charge is 2.11. The highest BCUT2D eigenvalue weighted by molar-refractivity contribution is 6.09. The van der Waals surface area contributed by atoms with Crippen LogP contribution in [0.5, 0.6) is 17.2 Å². The Balaban J connectivity index is 1.97. The predicted octanol–water partition coefficient (Wildman–Crippen LogP) is 3.45. The molecule has 3 aromatic rings. The lowest BCUT2D eigenvalue weighted by molar-refractivity contribution is 0.104. The fourth-order valence-corrected chi connectivity index (χ4v) is 2.71. The molecule has 27 heavy (non-hydrogen) atoms. The van der Waals surface area contributed by atoms with Crippen molar-refractivity contribution in [2.75, 3.05) is 21.3 Å². The van der Waals surface area contributed by atoms with Crippen LogP contribution in [0.4, 0.5) is 0 Å². The molecule has 138 valence electrons. The molecule has 0 amide bonds. The summed E-state index contributed by atoms with van der Waals surface area (Å²) in [5.41, 5.74) is 1.13. The van der Waals surface area contributed by atoms with Gasteiger partial charge in [0.2, 0.25) is 0 Å². The molecule has 0 spiro atoms. The van der Waals surface area contributed by atoms with Gasteiger partial charge in [0, 0.05) is 16.5 Å². The van der Waals surface area contributed by atoms with E-state index in [9.17, 15) is 9.59 Å². The van der Waals surface area contributed by atoms with E-state index in [-0.39, 0.29) is 11.3 Å². The summed E-state index contributed by atoms with van der Waals surface area (Å²) in [7, 11) is 4.59. The van der Waals surface area contributed by atoms with Gasteiger partial charge in [-0.15, -0.1) is 0 Å². The Labute approximate surface area is 156 Å². The van der Waals surface area contributed by atoms with Crippen molar-refractivity contribution < 1.29 is 19.0 Å². The zero-order valence-corrected chi connectivity index (χ0v) is 15.2. The molecule has 6 heteroatoms. The maximum atomic E-state index is 12.6. The van der Waals surface area contributed by atoms with Gasteiger partial charge in [-0.2, -0.15) is 0 Å². The minimum Gasteiger partial charge on any atom is -0.497 e. The van der Waals surface area contributed by atoms with E-state index < -0.39 is 0 Å². The molecule has 3 rings (SSSR count). The van der Waals surface area contributed by atoms with Crippen LogP contribution in [0.15, 0.2) is 53.3 Å². The average molecular weight is 365 g/mol. The number of aromatic amines is 1. The number of ketones is 1. The molecule has 0 radical (unpaired) electrons. The summed E-state index contributed by atoms with van der Waals surface area (Å²) in [5, 5.41) is 0.806. The molecule has 6 nitrogen and oxygen atoms in total. The van der Waals surface area contributed by atoms with Crippen molar-refractivity contribution in [2.45, 2.75) is 0 Å². The largest absolute Gasteiger partial charge is 0.497 e. The second kappa shape index (κ2) is 7.78. The van der Waals surface area contributed by atoms with Gasteiger partial charge in [0.1, 0.15) is 17.2 Å². The first-order valence-electron chi connectivity index (χ1n) is 8.21. The van der Waals surface area contributed by atoms with E-state index in [1.165, 1.54) is 26.4 Å². The SMILES string of the molecule is COc1ccc(OC)c(C(=O)C=Cc2cc3cc(OC)ccc3[nH]c2=O)c1. The maximum Gasteiger partial charge on any atom is 0.255 e. The first-order chi connectivity index (χ1) is 13.0. The standard InChI is InChI=1S/C21H19NO5/c1-25-15-5-7-18-14(11-15)10-13(21(24)22-18)4-8-19(23)17-12-16(26-2)6-9-20(17)27-3/h4-12H,1-3H3,(H,22,24). The van der Waals surface area contributed by atoms with E-state index in [2.05, 4.69) is 4.98 Å². The van der Waals surface area contributed by atoms with Crippen molar-refractivity contribution in [2.24, 2.45) is 0 Å². The molecule has 0 atom stereocenters. The van der Waals surface area contributed by atoms with Crippen LogP contribution in [0.25, 0.3) is 17.0 Å². The zero-order valence-electron chi connectivity index (χ0n) is 15.2. The van der Waals surface area contributed by atoms with Gasteiger partial charge in [0.25, 0.3) is 5.56 Å². The third-order valence-corrected chi connectivity index (χ3v) is 4.17. The number of methoxy groups -OCH3 is 3. The average Bonchev–Trinajstić information content (AvgIpc) is 2.71. The molecule has 0 saturated carbocycles. The predicted molar refractivity (Wildman–Crippen MR) is 104 cm³/mol. The van der Waals surface area contributed by atoms with Crippen molar-refractivity contribution in [1.82, 2.24) is 4.98 Å². The molecule has 1 heterocycles. The number of hydrogen-bond acceptors (Lipinski definition) is 5. The number of nitrogens with one attached hydrogen (secondary N) is 1. The molecule has 0 aliphatic rings. The lowest BCUT2D eigenvalue weighted by atomic mass is 10.1. The summed E-state index contributed by atoms with van der Waals surface area (Å²) in [6.07, 6.45) is 2.83. The second-order valence-corrected chi connectivity index (χ2v) is 5.77. The van der Waals surface area contributed by atoms with Gasteiger partial charge >= 0.3 is 0 Å². The van der Waals surface area contributed by atoms with Gasteiger partial charge in [-0.1, -0.05) is 0 Å². The number of ether oxygens (including phenoxy) is 3. The molecule has 0 unspecified atom stereocenters. The monoisotopic (exact) mass is 365 g/mol. The van der Waals surface area contributed by atoms with Gasteiger partial charge in [-0.05, 0) is 54.6 Å². The Hall–Kier alpha value is -3.54. The number of fused-ring (bicyclic) bond motifs is 1. The third kappa shape index (κ3) is 3.84. The topological polar surface area (TPSA) is 77.6 Å². The van der Waals surface area contributed by atoms with Crippen LogP contribution in [0.3, 0.4) is 0 Å². The summed E-state index contributed by atoms with van der Waals surface area (Å²) in [5.74, 6) is 1.36. The Bertz CT molecular complexity index is 1080.